The summed E-state index contributed by atoms with van der Waals surface area (Å²) in [7, 11) is 1.67. The second kappa shape index (κ2) is 10.8. The molecule has 0 radical (unpaired) electrons. The number of hydrogen-bond acceptors (Lipinski definition) is 7. The number of thioether (sulfide) groups is 1. The van der Waals surface area contributed by atoms with Crippen LogP contribution in [-0.2, 0) is 11.3 Å². The van der Waals surface area contributed by atoms with E-state index in [9.17, 15) is 0 Å². The zero-order valence-electron chi connectivity index (χ0n) is 15.3. The Bertz CT molecular complexity index is 919. The van der Waals surface area contributed by atoms with Crippen LogP contribution in [0.3, 0.4) is 0 Å². The number of para-hydroxylation sites is 1. The van der Waals surface area contributed by atoms with E-state index in [0.717, 1.165) is 27.1 Å². The monoisotopic (exact) mass is 461 g/mol. The molecule has 0 bridgehead atoms. The predicted octanol–water partition coefficient (Wildman–Crippen LogP) is 4.33. The van der Waals surface area contributed by atoms with Crippen LogP contribution in [0.2, 0.25) is 0 Å². The molecule has 2 N–H and O–H groups in total. The van der Waals surface area contributed by atoms with Crippen LogP contribution in [0.15, 0.2) is 63.3 Å². The lowest BCUT2D eigenvalue weighted by atomic mass is 10.2. The molecule has 0 saturated carbocycles. The van der Waals surface area contributed by atoms with Gasteiger partial charge in [-0.25, -0.2) is 10.5 Å². The average Bonchev–Trinajstić information content (AvgIpc) is 3.15. The molecule has 3 rings (SSSR count). The summed E-state index contributed by atoms with van der Waals surface area (Å²) >= 11 is 4.98. The van der Waals surface area contributed by atoms with Crippen molar-refractivity contribution in [2.45, 2.75) is 11.8 Å². The summed E-state index contributed by atoms with van der Waals surface area (Å²) in [4.78, 5) is 4.30. The van der Waals surface area contributed by atoms with E-state index in [1.54, 1.807) is 13.3 Å². The highest BCUT2D eigenvalue weighted by Gasteiger charge is 2.04. The molecule has 0 aliphatic heterocycles. The molecule has 2 aromatic carbocycles. The van der Waals surface area contributed by atoms with E-state index in [2.05, 4.69) is 41.6 Å². The summed E-state index contributed by atoms with van der Waals surface area (Å²) in [5, 5.41) is 11.8. The fourth-order valence-electron chi connectivity index (χ4n) is 2.25. The normalized spacial score (nSPS) is 11.1. The maximum absolute atomic E-state index is 5.95. The summed E-state index contributed by atoms with van der Waals surface area (Å²) < 4.78 is 12.0. The van der Waals surface area contributed by atoms with E-state index in [0.29, 0.717) is 24.3 Å². The van der Waals surface area contributed by atoms with Crippen LogP contribution < -0.4 is 10.2 Å². The van der Waals surface area contributed by atoms with Crippen molar-refractivity contribution < 1.29 is 9.47 Å². The van der Waals surface area contributed by atoms with E-state index < -0.39 is 0 Å². The first-order valence-electron chi connectivity index (χ1n) is 8.54. The quantitative estimate of drug-likeness (QED) is 0.202. The fourth-order valence-corrected chi connectivity index (χ4v) is 3.39. The Labute approximate surface area is 176 Å². The summed E-state index contributed by atoms with van der Waals surface area (Å²) in [5.74, 6) is 2.02. The van der Waals surface area contributed by atoms with Crippen molar-refractivity contribution in [3.8, 4) is 5.75 Å². The number of hydrogen-bond donors (Lipinski definition) is 2. The van der Waals surface area contributed by atoms with Crippen LogP contribution in [0, 0.1) is 0 Å². The van der Waals surface area contributed by atoms with E-state index in [1.165, 1.54) is 11.8 Å². The lowest BCUT2D eigenvalue weighted by Gasteiger charge is -2.09. The van der Waals surface area contributed by atoms with Gasteiger partial charge in [-0.15, -0.1) is 5.10 Å². The third-order valence-electron chi connectivity index (χ3n) is 3.56. The van der Waals surface area contributed by atoms with Gasteiger partial charge in [-0.2, -0.15) is 10.1 Å². The second-order valence-electron chi connectivity index (χ2n) is 5.63. The fraction of sp³-hybridized carbons (Fsp3) is 0.211. The number of rotatable bonds is 10. The molecule has 28 heavy (non-hydrogen) atoms. The molecule has 3 aromatic rings. The molecule has 0 unspecified atom stereocenters. The number of halogens is 1. The Hall–Kier alpha value is -2.36. The van der Waals surface area contributed by atoms with Gasteiger partial charge in [-0.05, 0) is 29.8 Å². The molecule has 0 amide bonds. The lowest BCUT2D eigenvalue weighted by molar-refractivity contribution is 0.218. The minimum Gasteiger partial charge on any atom is -0.488 e. The third kappa shape index (κ3) is 6.36. The van der Waals surface area contributed by atoms with Crippen LogP contribution in [0.5, 0.6) is 5.75 Å². The topological polar surface area (TPSA) is 84.4 Å². The molecular formula is C19H20BrN5O2S. The number of aromatic nitrogens is 3. The van der Waals surface area contributed by atoms with Gasteiger partial charge in [-0.3, -0.25) is 0 Å². The summed E-state index contributed by atoms with van der Waals surface area (Å²) in [6.45, 7) is 1.12. The molecule has 1 aromatic heterocycles. The van der Waals surface area contributed by atoms with Crippen molar-refractivity contribution in [1.82, 2.24) is 15.2 Å². The number of nitrogens with one attached hydrogen (secondary N) is 2. The zero-order valence-corrected chi connectivity index (χ0v) is 17.7. The van der Waals surface area contributed by atoms with E-state index in [4.69, 9.17) is 9.47 Å². The molecule has 0 spiro atoms. The summed E-state index contributed by atoms with van der Waals surface area (Å²) in [5.41, 5.74) is 4.79. The maximum Gasteiger partial charge on any atom is 0.240 e. The number of aromatic amines is 1. The van der Waals surface area contributed by atoms with Crippen molar-refractivity contribution in [1.29, 1.82) is 0 Å². The van der Waals surface area contributed by atoms with Gasteiger partial charge in [0, 0.05) is 22.9 Å². The van der Waals surface area contributed by atoms with Crippen LogP contribution in [0.4, 0.5) is 5.95 Å². The third-order valence-corrected chi connectivity index (χ3v) is 4.86. The number of benzene rings is 2. The molecule has 7 nitrogen and oxygen atoms in total. The van der Waals surface area contributed by atoms with Gasteiger partial charge in [0.1, 0.15) is 12.4 Å². The molecule has 0 saturated heterocycles. The van der Waals surface area contributed by atoms with Crippen LogP contribution in [0.25, 0.3) is 0 Å². The summed E-state index contributed by atoms with van der Waals surface area (Å²) in [6.07, 6.45) is 1.69. The molecule has 146 valence electrons. The number of methoxy groups -OCH3 is 1. The van der Waals surface area contributed by atoms with Crippen molar-refractivity contribution in [3.05, 3.63) is 64.1 Å². The molecule has 0 atom stereocenters. The molecule has 9 heteroatoms. The van der Waals surface area contributed by atoms with Gasteiger partial charge in [0.05, 0.1) is 12.8 Å². The minimum absolute atomic E-state index is 0.474. The number of H-pyrrole nitrogens is 1. The Balaban J connectivity index is 1.57. The first kappa shape index (κ1) is 20.4. The van der Waals surface area contributed by atoms with E-state index in [-0.39, 0.29) is 0 Å². The van der Waals surface area contributed by atoms with Gasteiger partial charge in [0.2, 0.25) is 11.1 Å². The standard InChI is InChI=1S/C19H20BrN5O2S/c1-26-9-10-28-19-22-18(24-25-19)23-21-12-15-6-2-3-8-17(15)27-13-14-5-4-7-16(20)11-14/h2-8,11-12H,9-10,13H2,1H3,(H2,22,23,24,25)/b21-12-. The van der Waals surface area contributed by atoms with Crippen molar-refractivity contribution >= 4 is 39.9 Å². The largest absolute Gasteiger partial charge is 0.488 e. The molecule has 0 aliphatic rings. The molecule has 0 aliphatic carbocycles. The maximum atomic E-state index is 5.95. The van der Waals surface area contributed by atoms with Crippen molar-refractivity contribution in [2.75, 3.05) is 24.9 Å². The smallest absolute Gasteiger partial charge is 0.240 e. The minimum atomic E-state index is 0.474. The predicted molar refractivity (Wildman–Crippen MR) is 115 cm³/mol. The van der Waals surface area contributed by atoms with Crippen molar-refractivity contribution in [2.24, 2.45) is 5.10 Å². The van der Waals surface area contributed by atoms with E-state index >= 15 is 0 Å². The average molecular weight is 462 g/mol. The Morgan fingerprint density at radius 1 is 1.25 bits per heavy atom. The van der Waals surface area contributed by atoms with Crippen LogP contribution in [0.1, 0.15) is 11.1 Å². The number of hydrazone groups is 1. The summed E-state index contributed by atoms with van der Waals surface area (Å²) in [6, 6.07) is 15.7. The van der Waals surface area contributed by atoms with Crippen molar-refractivity contribution in [3.63, 3.8) is 0 Å². The Morgan fingerprint density at radius 3 is 3.00 bits per heavy atom. The van der Waals surface area contributed by atoms with E-state index in [1.807, 2.05) is 48.5 Å². The molecule has 0 fully saturated rings. The van der Waals surface area contributed by atoms with Gasteiger partial charge in [-0.1, -0.05) is 52.0 Å². The van der Waals surface area contributed by atoms with Crippen LogP contribution >= 0.6 is 27.7 Å². The number of ether oxygens (including phenoxy) is 2. The number of nitrogens with zero attached hydrogens (tertiary/aromatic N) is 3. The lowest BCUT2D eigenvalue weighted by Crippen LogP contribution is -1.99. The Morgan fingerprint density at radius 2 is 2.14 bits per heavy atom. The van der Waals surface area contributed by atoms with Gasteiger partial charge >= 0.3 is 0 Å². The van der Waals surface area contributed by atoms with Gasteiger partial charge < -0.3 is 9.47 Å². The highest BCUT2D eigenvalue weighted by atomic mass is 79.9. The first-order chi connectivity index (χ1) is 13.7. The molecular weight excluding hydrogens is 442 g/mol. The number of anilines is 1. The Kier molecular flexibility index (Phi) is 7.89. The zero-order chi connectivity index (χ0) is 19.6. The van der Waals surface area contributed by atoms with Crippen LogP contribution in [-0.4, -0.2) is 40.9 Å². The highest BCUT2D eigenvalue weighted by molar-refractivity contribution is 9.10. The first-order valence-corrected chi connectivity index (χ1v) is 10.3. The van der Waals surface area contributed by atoms with Gasteiger partial charge in [0.15, 0.2) is 0 Å². The second-order valence-corrected chi connectivity index (χ2v) is 7.61. The molecule has 1 heterocycles. The highest BCUT2D eigenvalue weighted by Crippen LogP contribution is 2.19. The SMILES string of the molecule is COCCSc1n[nH]c(N/N=C\c2ccccc2OCc2cccc(Br)c2)n1. The van der Waals surface area contributed by atoms with Gasteiger partial charge in [0.25, 0.3) is 0 Å².